The van der Waals surface area contributed by atoms with Crippen molar-refractivity contribution < 1.29 is 32.5 Å². The van der Waals surface area contributed by atoms with Gasteiger partial charge >= 0.3 is 18.2 Å². The Kier molecular flexibility index (Phi) is 8.14. The fraction of sp³-hybridized carbons (Fsp3) is 0.400. The van der Waals surface area contributed by atoms with Gasteiger partial charge in [-0.05, 0) is 49.3 Å². The average molecular weight is 640 g/mol. The van der Waals surface area contributed by atoms with Gasteiger partial charge in [-0.1, -0.05) is 12.1 Å². The second-order valence-corrected chi connectivity index (χ2v) is 11.6. The molecule has 13 nitrogen and oxygen atoms in total. The molecular formula is C30H32F3N9O4. The summed E-state index contributed by atoms with van der Waals surface area (Å²) in [4.78, 5) is 29.8. The van der Waals surface area contributed by atoms with Crippen LogP contribution in [0.5, 0.6) is 11.9 Å². The quantitative estimate of drug-likeness (QED) is 0.256. The van der Waals surface area contributed by atoms with Crippen LogP contribution in [0.4, 0.5) is 24.9 Å². The van der Waals surface area contributed by atoms with Crippen LogP contribution in [-0.4, -0.2) is 79.8 Å². The Morgan fingerprint density at radius 3 is 2.48 bits per heavy atom. The zero-order valence-electron chi connectivity index (χ0n) is 25.0. The van der Waals surface area contributed by atoms with Gasteiger partial charge in [-0.3, -0.25) is 4.79 Å². The van der Waals surface area contributed by atoms with Crippen molar-refractivity contribution in [3.05, 3.63) is 60.2 Å². The first kappa shape index (κ1) is 31.0. The number of halogens is 3. The van der Waals surface area contributed by atoms with E-state index in [1.54, 1.807) is 25.3 Å². The third-order valence-corrected chi connectivity index (χ3v) is 8.48. The van der Waals surface area contributed by atoms with Crippen molar-refractivity contribution in [1.29, 1.82) is 0 Å². The number of nitrogen functional groups attached to an aromatic ring is 1. The van der Waals surface area contributed by atoms with E-state index in [0.717, 1.165) is 0 Å². The van der Waals surface area contributed by atoms with Crippen molar-refractivity contribution in [1.82, 2.24) is 35.0 Å². The summed E-state index contributed by atoms with van der Waals surface area (Å²) in [6.45, 7) is 3.36. The standard InChI is InChI=1S/C30H32F3N9O4/c1-17-5-8-42(40-17)22-11-18(19-14-35-28(45-2)36-15-19)3-4-20(22)25(30(31,32)33)46-24-12-23(38-27(34)39-24)41-9-6-29(7-10-41)13-21(26(43)44)37-16-29/h3-5,8,11-12,14-15,21,25,37H,6-7,9-10,13,16H2,1-2H3,(H,43,44)(H2,34,38,39)/t21?,25-/m1/s1. The Labute approximate surface area is 261 Å². The highest BCUT2D eigenvalue weighted by molar-refractivity contribution is 5.74. The number of aryl methyl sites for hydroxylation is 1. The highest BCUT2D eigenvalue weighted by atomic mass is 19.4. The molecule has 0 aliphatic carbocycles. The number of methoxy groups -OCH3 is 1. The number of carboxylic acids is 1. The normalized spacial score (nSPS) is 18.5. The lowest BCUT2D eigenvalue weighted by atomic mass is 9.76. The molecule has 1 spiro atoms. The Hall–Kier alpha value is -4.99. The molecule has 0 radical (unpaired) electrons. The summed E-state index contributed by atoms with van der Waals surface area (Å²) in [6, 6.07) is 7.02. The van der Waals surface area contributed by atoms with Crippen molar-refractivity contribution >= 4 is 17.7 Å². The third-order valence-electron chi connectivity index (χ3n) is 8.48. The number of aliphatic carboxylic acids is 1. The number of nitrogens with two attached hydrogens (primary N) is 1. The Bertz CT molecular complexity index is 1720. The van der Waals surface area contributed by atoms with Gasteiger partial charge in [0.2, 0.25) is 17.9 Å². The van der Waals surface area contributed by atoms with E-state index >= 15 is 0 Å². The summed E-state index contributed by atoms with van der Waals surface area (Å²) < 4.78 is 56.4. The Morgan fingerprint density at radius 1 is 1.13 bits per heavy atom. The van der Waals surface area contributed by atoms with Gasteiger partial charge in [0.05, 0.1) is 18.5 Å². The lowest BCUT2D eigenvalue weighted by molar-refractivity contribution is -0.198. The fourth-order valence-corrected chi connectivity index (χ4v) is 6.03. The van der Waals surface area contributed by atoms with Crippen LogP contribution in [-0.2, 0) is 4.79 Å². The molecule has 2 aliphatic rings. The maximum absolute atomic E-state index is 14.8. The maximum atomic E-state index is 14.8. The molecule has 4 N–H and O–H groups in total. The van der Waals surface area contributed by atoms with Gasteiger partial charge in [0.15, 0.2) is 0 Å². The number of alkyl halides is 3. The zero-order chi connectivity index (χ0) is 32.6. The van der Waals surface area contributed by atoms with Crippen LogP contribution in [0.3, 0.4) is 0 Å². The molecule has 5 heterocycles. The first-order valence-electron chi connectivity index (χ1n) is 14.6. The van der Waals surface area contributed by atoms with Crippen LogP contribution < -0.4 is 25.4 Å². The van der Waals surface area contributed by atoms with Gasteiger partial charge in [-0.15, -0.1) is 0 Å². The van der Waals surface area contributed by atoms with E-state index in [4.69, 9.17) is 15.2 Å². The number of anilines is 2. The third kappa shape index (κ3) is 6.38. The molecule has 16 heteroatoms. The lowest BCUT2D eigenvalue weighted by Crippen LogP contribution is -2.41. The van der Waals surface area contributed by atoms with Crippen LogP contribution in [0.1, 0.15) is 36.6 Å². The monoisotopic (exact) mass is 639 g/mol. The number of piperidine rings is 1. The van der Waals surface area contributed by atoms with Crippen LogP contribution in [0.15, 0.2) is 48.9 Å². The smallest absolute Gasteiger partial charge is 0.429 e. The molecule has 6 rings (SSSR count). The van der Waals surface area contributed by atoms with Gasteiger partial charge < -0.3 is 30.5 Å². The Morgan fingerprint density at radius 2 is 1.87 bits per heavy atom. The molecule has 46 heavy (non-hydrogen) atoms. The molecule has 2 atom stereocenters. The van der Waals surface area contributed by atoms with Crippen LogP contribution >= 0.6 is 0 Å². The highest BCUT2D eigenvalue weighted by Crippen LogP contribution is 2.42. The van der Waals surface area contributed by atoms with Crippen LogP contribution in [0.2, 0.25) is 0 Å². The van der Waals surface area contributed by atoms with Gasteiger partial charge in [-0.25, -0.2) is 14.6 Å². The largest absolute Gasteiger partial charge is 0.480 e. The van der Waals surface area contributed by atoms with Gasteiger partial charge in [-0.2, -0.15) is 28.2 Å². The number of rotatable bonds is 8. The Balaban J connectivity index is 1.30. The molecule has 2 fully saturated rings. The molecule has 3 aromatic heterocycles. The van der Waals surface area contributed by atoms with E-state index < -0.39 is 24.3 Å². The number of carbonyl (C=O) groups is 1. The van der Waals surface area contributed by atoms with Crippen molar-refractivity contribution in [2.75, 3.05) is 37.4 Å². The van der Waals surface area contributed by atoms with E-state index in [9.17, 15) is 23.1 Å². The molecule has 0 bridgehead atoms. The summed E-state index contributed by atoms with van der Waals surface area (Å²) in [7, 11) is 1.43. The van der Waals surface area contributed by atoms with Gasteiger partial charge in [0.25, 0.3) is 0 Å². The first-order chi connectivity index (χ1) is 21.9. The van der Waals surface area contributed by atoms with Crippen molar-refractivity contribution in [3.63, 3.8) is 0 Å². The molecule has 1 aromatic carbocycles. The summed E-state index contributed by atoms with van der Waals surface area (Å²) in [5, 5.41) is 16.8. The average Bonchev–Trinajstić information content (AvgIpc) is 3.66. The number of nitrogens with zero attached hydrogens (tertiary/aromatic N) is 7. The minimum absolute atomic E-state index is 0.136. The molecular weight excluding hydrogens is 607 g/mol. The zero-order valence-corrected chi connectivity index (χ0v) is 25.0. The number of aromatic nitrogens is 6. The number of hydrogen-bond acceptors (Lipinski definition) is 11. The van der Waals surface area contributed by atoms with Crippen LogP contribution in [0, 0.1) is 12.3 Å². The van der Waals surface area contributed by atoms with E-state index in [1.165, 1.54) is 42.4 Å². The summed E-state index contributed by atoms with van der Waals surface area (Å²) in [5.41, 5.74) is 7.46. The fourth-order valence-electron chi connectivity index (χ4n) is 6.03. The highest BCUT2D eigenvalue weighted by Gasteiger charge is 2.46. The van der Waals surface area contributed by atoms with E-state index in [0.29, 0.717) is 61.5 Å². The molecule has 2 aliphatic heterocycles. The van der Waals surface area contributed by atoms with E-state index in [-0.39, 0.29) is 34.5 Å². The molecule has 242 valence electrons. The molecule has 2 saturated heterocycles. The van der Waals surface area contributed by atoms with Crippen molar-refractivity contribution in [2.45, 2.75) is 44.5 Å². The summed E-state index contributed by atoms with van der Waals surface area (Å²) in [5.74, 6) is -1.12. The second kappa shape index (κ2) is 12.1. The van der Waals surface area contributed by atoms with E-state index in [2.05, 4.69) is 30.4 Å². The molecule has 4 aromatic rings. The first-order valence-corrected chi connectivity index (χ1v) is 14.6. The SMILES string of the molecule is COc1ncc(-c2ccc([C@@H](Oc3cc(N4CCC5(CC4)CNC(C(=O)O)C5)nc(N)n3)C(F)(F)F)c(-n3ccc(C)n3)c2)cn1. The summed E-state index contributed by atoms with van der Waals surface area (Å²) in [6.07, 6.45) is -0.798. The van der Waals surface area contributed by atoms with Crippen LogP contribution in [0.25, 0.3) is 16.8 Å². The number of nitrogens with one attached hydrogen (secondary N) is 1. The van der Waals surface area contributed by atoms with Crippen molar-refractivity contribution in [3.8, 4) is 28.7 Å². The second-order valence-electron chi connectivity index (χ2n) is 11.6. The van der Waals surface area contributed by atoms with Gasteiger partial charge in [0.1, 0.15) is 11.9 Å². The molecule has 1 unspecified atom stereocenters. The minimum atomic E-state index is -4.85. The predicted molar refractivity (Wildman–Crippen MR) is 160 cm³/mol. The van der Waals surface area contributed by atoms with Crippen molar-refractivity contribution in [2.24, 2.45) is 5.41 Å². The summed E-state index contributed by atoms with van der Waals surface area (Å²) >= 11 is 0. The molecule has 0 amide bonds. The van der Waals surface area contributed by atoms with Gasteiger partial charge in [0, 0.05) is 55.4 Å². The maximum Gasteiger partial charge on any atom is 0.429 e. The van der Waals surface area contributed by atoms with E-state index in [1.807, 2.05) is 4.90 Å². The lowest BCUT2D eigenvalue weighted by Gasteiger charge is -2.39. The topological polar surface area (TPSA) is 166 Å². The molecule has 0 saturated carbocycles. The predicted octanol–water partition coefficient (Wildman–Crippen LogP) is 3.73. The minimum Gasteiger partial charge on any atom is -0.480 e. The number of ether oxygens (including phenoxy) is 2. The number of benzene rings is 1. The number of carboxylic acid groups (broad SMARTS) is 1. The number of hydrogen-bond donors (Lipinski definition) is 3.